The SMILES string of the molecule is CC(C)Oc1cc(Oc2cnc(N(CC3CC3)C(=O)C3CCCC3)cn2)cc(C(=O)Nc2ccn(C)n2)c1. The maximum absolute atomic E-state index is 13.2. The van der Waals surface area contributed by atoms with E-state index in [9.17, 15) is 9.59 Å². The zero-order chi connectivity index (χ0) is 26.6. The summed E-state index contributed by atoms with van der Waals surface area (Å²) in [6.45, 7) is 4.50. The summed E-state index contributed by atoms with van der Waals surface area (Å²) in [4.78, 5) is 36.9. The summed E-state index contributed by atoms with van der Waals surface area (Å²) in [5.41, 5.74) is 0.353. The van der Waals surface area contributed by atoms with Gasteiger partial charge in [-0.3, -0.25) is 19.2 Å². The molecule has 10 nitrogen and oxygen atoms in total. The van der Waals surface area contributed by atoms with E-state index in [4.69, 9.17) is 9.47 Å². The number of nitrogens with zero attached hydrogens (tertiary/aromatic N) is 5. The Hall–Kier alpha value is -3.95. The third-order valence-electron chi connectivity index (χ3n) is 6.69. The van der Waals surface area contributed by atoms with Gasteiger partial charge in [-0.15, -0.1) is 0 Å². The average Bonchev–Trinajstić information content (AvgIpc) is 3.35. The molecule has 0 aliphatic heterocycles. The summed E-state index contributed by atoms with van der Waals surface area (Å²) in [7, 11) is 1.78. The molecule has 0 saturated heterocycles. The Kier molecular flexibility index (Phi) is 7.57. The molecule has 0 radical (unpaired) electrons. The van der Waals surface area contributed by atoms with Gasteiger partial charge in [0.1, 0.15) is 11.5 Å². The average molecular weight is 519 g/mol. The number of ether oxygens (including phenoxy) is 2. The van der Waals surface area contributed by atoms with Gasteiger partial charge in [0.25, 0.3) is 5.91 Å². The molecule has 0 bridgehead atoms. The summed E-state index contributed by atoms with van der Waals surface area (Å²) >= 11 is 0. The fourth-order valence-electron chi connectivity index (χ4n) is 4.64. The van der Waals surface area contributed by atoms with E-state index in [1.54, 1.807) is 48.4 Å². The first-order chi connectivity index (χ1) is 18.3. The molecule has 5 rings (SSSR count). The molecule has 10 heteroatoms. The maximum atomic E-state index is 13.2. The molecule has 2 aromatic heterocycles. The molecule has 38 heavy (non-hydrogen) atoms. The molecule has 2 saturated carbocycles. The zero-order valence-corrected chi connectivity index (χ0v) is 22.1. The number of aryl methyl sites for hydroxylation is 1. The van der Waals surface area contributed by atoms with Crippen molar-refractivity contribution in [1.82, 2.24) is 19.7 Å². The van der Waals surface area contributed by atoms with Gasteiger partial charge in [0.2, 0.25) is 11.8 Å². The van der Waals surface area contributed by atoms with Crippen LogP contribution >= 0.6 is 0 Å². The number of rotatable bonds is 10. The number of benzene rings is 1. The molecule has 200 valence electrons. The minimum absolute atomic E-state index is 0.0748. The molecule has 2 aliphatic rings. The maximum Gasteiger partial charge on any atom is 0.257 e. The molecular weight excluding hydrogens is 484 g/mol. The van der Waals surface area contributed by atoms with Crippen LogP contribution in [0, 0.1) is 11.8 Å². The van der Waals surface area contributed by atoms with Gasteiger partial charge in [-0.05, 0) is 57.6 Å². The van der Waals surface area contributed by atoms with Crippen LogP contribution in [-0.2, 0) is 11.8 Å². The molecule has 2 fully saturated rings. The van der Waals surface area contributed by atoms with Crippen LogP contribution in [-0.4, -0.2) is 44.2 Å². The van der Waals surface area contributed by atoms with Gasteiger partial charge < -0.3 is 14.8 Å². The van der Waals surface area contributed by atoms with Crippen molar-refractivity contribution in [3.05, 3.63) is 48.4 Å². The van der Waals surface area contributed by atoms with E-state index in [0.29, 0.717) is 41.2 Å². The molecule has 0 atom stereocenters. The Labute approximate surface area is 222 Å². The molecule has 3 aromatic rings. The van der Waals surface area contributed by atoms with Crippen molar-refractivity contribution in [3.8, 4) is 17.4 Å². The minimum atomic E-state index is -0.342. The fourth-order valence-corrected chi connectivity index (χ4v) is 4.64. The number of carbonyl (C=O) groups excluding carboxylic acids is 2. The number of amides is 2. The number of hydrogen-bond acceptors (Lipinski definition) is 7. The smallest absolute Gasteiger partial charge is 0.257 e. The van der Waals surface area contributed by atoms with Gasteiger partial charge in [0.05, 0.1) is 18.5 Å². The van der Waals surface area contributed by atoms with E-state index in [-0.39, 0.29) is 29.7 Å². The second kappa shape index (κ2) is 11.2. The van der Waals surface area contributed by atoms with Crippen molar-refractivity contribution in [1.29, 1.82) is 0 Å². The van der Waals surface area contributed by atoms with Crippen LogP contribution in [0.2, 0.25) is 0 Å². The Morgan fingerprint density at radius 3 is 2.47 bits per heavy atom. The molecular formula is C28H34N6O4. The molecule has 1 N–H and O–H groups in total. The third kappa shape index (κ3) is 6.48. The van der Waals surface area contributed by atoms with Crippen LogP contribution in [0.15, 0.2) is 42.9 Å². The van der Waals surface area contributed by atoms with Crippen molar-refractivity contribution in [2.45, 2.75) is 58.5 Å². The number of aromatic nitrogens is 4. The van der Waals surface area contributed by atoms with E-state index in [0.717, 1.165) is 38.5 Å². The molecule has 0 spiro atoms. The molecule has 0 unspecified atom stereocenters. The first kappa shape index (κ1) is 25.7. The topological polar surface area (TPSA) is 111 Å². The van der Waals surface area contributed by atoms with Crippen molar-refractivity contribution in [2.24, 2.45) is 18.9 Å². The van der Waals surface area contributed by atoms with Crippen molar-refractivity contribution < 1.29 is 19.1 Å². The monoisotopic (exact) mass is 518 g/mol. The van der Waals surface area contributed by atoms with E-state index in [1.807, 2.05) is 18.7 Å². The fraction of sp³-hybridized carbons (Fsp3) is 0.464. The Morgan fingerprint density at radius 1 is 1.08 bits per heavy atom. The lowest BCUT2D eigenvalue weighted by atomic mass is 10.1. The largest absolute Gasteiger partial charge is 0.491 e. The summed E-state index contributed by atoms with van der Waals surface area (Å²) in [6, 6.07) is 6.69. The van der Waals surface area contributed by atoms with E-state index in [1.165, 1.54) is 6.20 Å². The Balaban J connectivity index is 1.33. The predicted molar refractivity (Wildman–Crippen MR) is 143 cm³/mol. The second-order valence-corrected chi connectivity index (χ2v) is 10.4. The molecule has 2 amide bonds. The van der Waals surface area contributed by atoms with Crippen LogP contribution in [0.25, 0.3) is 0 Å². The lowest BCUT2D eigenvalue weighted by Crippen LogP contribution is -2.37. The van der Waals surface area contributed by atoms with Gasteiger partial charge >= 0.3 is 0 Å². The van der Waals surface area contributed by atoms with Crippen LogP contribution in [0.3, 0.4) is 0 Å². The number of carbonyl (C=O) groups is 2. The highest BCUT2D eigenvalue weighted by Crippen LogP contribution is 2.34. The van der Waals surface area contributed by atoms with Crippen LogP contribution < -0.4 is 19.7 Å². The highest BCUT2D eigenvalue weighted by atomic mass is 16.5. The first-order valence-corrected chi connectivity index (χ1v) is 13.3. The van der Waals surface area contributed by atoms with Gasteiger partial charge in [0.15, 0.2) is 11.6 Å². The number of hydrogen-bond donors (Lipinski definition) is 1. The lowest BCUT2D eigenvalue weighted by molar-refractivity contribution is -0.122. The molecule has 1 aromatic carbocycles. The van der Waals surface area contributed by atoms with Crippen molar-refractivity contribution >= 4 is 23.5 Å². The quantitative estimate of drug-likeness (QED) is 0.403. The molecule has 2 heterocycles. The second-order valence-electron chi connectivity index (χ2n) is 10.4. The van der Waals surface area contributed by atoms with E-state index >= 15 is 0 Å². The number of anilines is 2. The van der Waals surface area contributed by atoms with Gasteiger partial charge in [0, 0.05) is 43.4 Å². The standard InChI is InChI=1S/C28H34N6O4/c1-18(2)37-22-12-21(27(35)31-24-10-11-33(3)32-24)13-23(14-22)38-26-16-29-25(15-30-26)34(17-19-8-9-19)28(36)20-6-4-5-7-20/h10-16,18-20H,4-9,17H2,1-3H3,(H,31,32,35). The van der Waals surface area contributed by atoms with Gasteiger partial charge in [-0.25, -0.2) is 9.97 Å². The predicted octanol–water partition coefficient (Wildman–Crippen LogP) is 4.98. The van der Waals surface area contributed by atoms with Gasteiger partial charge in [-0.2, -0.15) is 5.10 Å². The normalized spacial score (nSPS) is 15.5. The lowest BCUT2D eigenvalue weighted by Gasteiger charge is -2.24. The van der Waals surface area contributed by atoms with Crippen molar-refractivity contribution in [3.63, 3.8) is 0 Å². The number of nitrogens with one attached hydrogen (secondary N) is 1. The van der Waals surface area contributed by atoms with E-state index < -0.39 is 0 Å². The highest BCUT2D eigenvalue weighted by Gasteiger charge is 2.33. The summed E-state index contributed by atoms with van der Waals surface area (Å²) in [5, 5.41) is 6.97. The zero-order valence-electron chi connectivity index (χ0n) is 22.1. The summed E-state index contributed by atoms with van der Waals surface area (Å²) in [5.74, 6) is 2.55. The highest BCUT2D eigenvalue weighted by molar-refractivity contribution is 6.04. The summed E-state index contributed by atoms with van der Waals surface area (Å²) in [6.07, 6.45) is 11.2. The first-order valence-electron chi connectivity index (χ1n) is 13.3. The minimum Gasteiger partial charge on any atom is -0.491 e. The van der Waals surface area contributed by atoms with Crippen molar-refractivity contribution in [2.75, 3.05) is 16.8 Å². The van der Waals surface area contributed by atoms with E-state index in [2.05, 4.69) is 20.4 Å². The Morgan fingerprint density at radius 2 is 1.84 bits per heavy atom. The molecule has 2 aliphatic carbocycles. The third-order valence-corrected chi connectivity index (χ3v) is 6.69. The Bertz CT molecular complexity index is 1280. The van der Waals surface area contributed by atoms with Crippen LogP contribution in [0.5, 0.6) is 17.4 Å². The van der Waals surface area contributed by atoms with Gasteiger partial charge in [-0.1, -0.05) is 12.8 Å². The van der Waals surface area contributed by atoms with Crippen LogP contribution in [0.1, 0.15) is 62.7 Å². The summed E-state index contributed by atoms with van der Waals surface area (Å²) < 4.78 is 13.4. The van der Waals surface area contributed by atoms with Crippen LogP contribution in [0.4, 0.5) is 11.6 Å².